The summed E-state index contributed by atoms with van der Waals surface area (Å²) in [5.41, 5.74) is 1.35. The van der Waals surface area contributed by atoms with Crippen molar-refractivity contribution in [2.24, 2.45) is 5.92 Å². The second kappa shape index (κ2) is 8.40. The number of hydrogen-bond acceptors (Lipinski definition) is 3. The molecule has 0 saturated carbocycles. The number of piperidine rings is 1. The second-order valence-electron chi connectivity index (χ2n) is 6.35. The van der Waals surface area contributed by atoms with Crippen LogP contribution in [-0.2, 0) is 6.54 Å². The molecular formula is C18H30N2O. The Morgan fingerprint density at radius 1 is 1.38 bits per heavy atom. The molecule has 0 radical (unpaired) electrons. The Morgan fingerprint density at radius 2 is 2.24 bits per heavy atom. The monoisotopic (exact) mass is 290 g/mol. The standard InChI is InChI=1S/C18H30N2O/c1-4-20(14-17-8-6-10-19-12-17)13-16-7-5-9-18(11-16)21-15(2)3/h5,7,9,11,15,17,19H,4,6,8,10,12-14H2,1-3H3. The van der Waals surface area contributed by atoms with Crippen LogP contribution in [0, 0.1) is 5.92 Å². The van der Waals surface area contributed by atoms with Gasteiger partial charge < -0.3 is 10.1 Å². The van der Waals surface area contributed by atoms with Gasteiger partial charge in [-0.15, -0.1) is 0 Å². The molecule has 1 aliphatic rings. The third-order valence-electron chi connectivity index (χ3n) is 4.04. The molecule has 0 spiro atoms. The van der Waals surface area contributed by atoms with Crippen LogP contribution in [0.15, 0.2) is 24.3 Å². The zero-order valence-corrected chi connectivity index (χ0v) is 13.8. The van der Waals surface area contributed by atoms with E-state index in [-0.39, 0.29) is 6.10 Å². The van der Waals surface area contributed by atoms with E-state index < -0.39 is 0 Å². The van der Waals surface area contributed by atoms with Crippen LogP contribution in [0.2, 0.25) is 0 Å². The molecule has 1 aromatic rings. The second-order valence-corrected chi connectivity index (χ2v) is 6.35. The molecule has 3 heteroatoms. The van der Waals surface area contributed by atoms with Gasteiger partial charge in [-0.25, -0.2) is 0 Å². The largest absolute Gasteiger partial charge is 0.491 e. The first-order valence-electron chi connectivity index (χ1n) is 8.36. The van der Waals surface area contributed by atoms with Gasteiger partial charge in [0.05, 0.1) is 6.10 Å². The fraction of sp³-hybridized carbons (Fsp3) is 0.667. The van der Waals surface area contributed by atoms with Gasteiger partial charge in [-0.3, -0.25) is 4.90 Å². The molecule has 0 aliphatic carbocycles. The summed E-state index contributed by atoms with van der Waals surface area (Å²) in [6.45, 7) is 12.1. The average molecular weight is 290 g/mol. The predicted octanol–water partition coefficient (Wildman–Crippen LogP) is 3.30. The lowest BCUT2D eigenvalue weighted by molar-refractivity contribution is 0.208. The number of nitrogens with zero attached hydrogens (tertiary/aromatic N) is 1. The van der Waals surface area contributed by atoms with Crippen LogP contribution < -0.4 is 10.1 Å². The van der Waals surface area contributed by atoms with E-state index in [0.29, 0.717) is 0 Å². The molecule has 0 aromatic heterocycles. The topological polar surface area (TPSA) is 24.5 Å². The predicted molar refractivity (Wildman–Crippen MR) is 88.8 cm³/mol. The van der Waals surface area contributed by atoms with E-state index in [9.17, 15) is 0 Å². The third-order valence-corrected chi connectivity index (χ3v) is 4.04. The lowest BCUT2D eigenvalue weighted by Crippen LogP contribution is -2.38. The number of hydrogen-bond donors (Lipinski definition) is 1. The molecule has 3 nitrogen and oxygen atoms in total. The quantitative estimate of drug-likeness (QED) is 0.834. The highest BCUT2D eigenvalue weighted by Gasteiger charge is 2.16. The summed E-state index contributed by atoms with van der Waals surface area (Å²) in [6.07, 6.45) is 2.91. The minimum Gasteiger partial charge on any atom is -0.491 e. The van der Waals surface area contributed by atoms with E-state index in [2.05, 4.69) is 49.2 Å². The Morgan fingerprint density at radius 3 is 2.90 bits per heavy atom. The van der Waals surface area contributed by atoms with E-state index in [1.165, 1.54) is 38.0 Å². The lowest BCUT2D eigenvalue weighted by atomic mass is 9.99. The molecule has 1 aromatic carbocycles. The molecule has 1 atom stereocenters. The highest BCUT2D eigenvalue weighted by Crippen LogP contribution is 2.18. The summed E-state index contributed by atoms with van der Waals surface area (Å²) in [7, 11) is 0. The minimum absolute atomic E-state index is 0.232. The highest BCUT2D eigenvalue weighted by molar-refractivity contribution is 5.28. The van der Waals surface area contributed by atoms with Gasteiger partial charge in [-0.1, -0.05) is 19.1 Å². The summed E-state index contributed by atoms with van der Waals surface area (Å²) < 4.78 is 5.79. The van der Waals surface area contributed by atoms with E-state index in [1.54, 1.807) is 0 Å². The fourth-order valence-electron chi connectivity index (χ4n) is 3.00. The van der Waals surface area contributed by atoms with Crippen LogP contribution in [0.25, 0.3) is 0 Å². The lowest BCUT2D eigenvalue weighted by Gasteiger charge is -2.29. The highest BCUT2D eigenvalue weighted by atomic mass is 16.5. The SMILES string of the molecule is CCN(Cc1cccc(OC(C)C)c1)CC1CCCNC1. The van der Waals surface area contributed by atoms with Gasteiger partial charge in [0, 0.05) is 13.1 Å². The van der Waals surface area contributed by atoms with Crippen molar-refractivity contribution in [1.82, 2.24) is 10.2 Å². The van der Waals surface area contributed by atoms with Crippen molar-refractivity contribution in [2.45, 2.75) is 46.3 Å². The van der Waals surface area contributed by atoms with Crippen LogP contribution in [0.3, 0.4) is 0 Å². The van der Waals surface area contributed by atoms with Gasteiger partial charge in [0.15, 0.2) is 0 Å². The zero-order valence-electron chi connectivity index (χ0n) is 13.8. The van der Waals surface area contributed by atoms with E-state index in [1.807, 2.05) is 6.07 Å². The third kappa shape index (κ3) is 5.68. The maximum Gasteiger partial charge on any atom is 0.120 e. The maximum atomic E-state index is 5.79. The van der Waals surface area contributed by atoms with Gasteiger partial charge in [-0.05, 0) is 69.9 Å². The Kier molecular flexibility index (Phi) is 6.52. The van der Waals surface area contributed by atoms with Crippen LogP contribution in [0.5, 0.6) is 5.75 Å². The minimum atomic E-state index is 0.232. The number of benzene rings is 1. The molecule has 1 aliphatic heterocycles. The van der Waals surface area contributed by atoms with Crippen molar-refractivity contribution in [3.63, 3.8) is 0 Å². The number of ether oxygens (including phenoxy) is 1. The fourth-order valence-corrected chi connectivity index (χ4v) is 3.00. The first kappa shape index (κ1) is 16.3. The van der Waals surface area contributed by atoms with Crippen molar-refractivity contribution < 1.29 is 4.74 Å². The molecule has 1 unspecified atom stereocenters. The Labute approximate surface area is 129 Å². The van der Waals surface area contributed by atoms with Gasteiger partial charge in [0.1, 0.15) is 5.75 Å². The maximum absolute atomic E-state index is 5.79. The summed E-state index contributed by atoms with van der Waals surface area (Å²) in [5.74, 6) is 1.78. The van der Waals surface area contributed by atoms with E-state index >= 15 is 0 Å². The van der Waals surface area contributed by atoms with E-state index in [4.69, 9.17) is 4.74 Å². The summed E-state index contributed by atoms with van der Waals surface area (Å²) >= 11 is 0. The van der Waals surface area contributed by atoms with Crippen molar-refractivity contribution >= 4 is 0 Å². The molecule has 21 heavy (non-hydrogen) atoms. The zero-order chi connectivity index (χ0) is 15.1. The van der Waals surface area contributed by atoms with Gasteiger partial charge in [0.2, 0.25) is 0 Å². The van der Waals surface area contributed by atoms with Gasteiger partial charge in [-0.2, -0.15) is 0 Å². The average Bonchev–Trinajstić information content (AvgIpc) is 2.47. The van der Waals surface area contributed by atoms with Crippen molar-refractivity contribution in [3.05, 3.63) is 29.8 Å². The molecule has 0 amide bonds. The molecule has 118 valence electrons. The Balaban J connectivity index is 1.91. The molecule has 1 N–H and O–H groups in total. The molecule has 1 fully saturated rings. The Hall–Kier alpha value is -1.06. The summed E-state index contributed by atoms with van der Waals surface area (Å²) in [5, 5.41) is 3.51. The van der Waals surface area contributed by atoms with Crippen LogP contribution >= 0.6 is 0 Å². The van der Waals surface area contributed by atoms with Crippen molar-refractivity contribution in [1.29, 1.82) is 0 Å². The van der Waals surface area contributed by atoms with E-state index in [0.717, 1.165) is 24.8 Å². The Bertz CT molecular complexity index is 413. The van der Waals surface area contributed by atoms with Crippen LogP contribution in [0.1, 0.15) is 39.2 Å². The summed E-state index contributed by atoms with van der Waals surface area (Å²) in [4.78, 5) is 2.55. The number of rotatable bonds is 7. The molecular weight excluding hydrogens is 260 g/mol. The van der Waals surface area contributed by atoms with Gasteiger partial charge >= 0.3 is 0 Å². The van der Waals surface area contributed by atoms with Gasteiger partial charge in [0.25, 0.3) is 0 Å². The smallest absolute Gasteiger partial charge is 0.120 e. The molecule has 2 rings (SSSR count). The van der Waals surface area contributed by atoms with Crippen molar-refractivity contribution in [2.75, 3.05) is 26.2 Å². The van der Waals surface area contributed by atoms with Crippen LogP contribution in [0.4, 0.5) is 0 Å². The van der Waals surface area contributed by atoms with Crippen LogP contribution in [-0.4, -0.2) is 37.2 Å². The normalized spacial score (nSPS) is 19.2. The summed E-state index contributed by atoms with van der Waals surface area (Å²) in [6, 6.07) is 8.53. The molecule has 0 bridgehead atoms. The molecule has 1 heterocycles. The number of nitrogens with one attached hydrogen (secondary N) is 1. The first-order valence-corrected chi connectivity index (χ1v) is 8.36. The first-order chi connectivity index (χ1) is 10.2. The van der Waals surface area contributed by atoms with Crippen molar-refractivity contribution in [3.8, 4) is 5.75 Å². The molecule has 1 saturated heterocycles.